The Bertz CT molecular complexity index is 995. The molecule has 0 bridgehead atoms. The molecule has 0 fully saturated rings. The van der Waals surface area contributed by atoms with Crippen LogP contribution in [0.3, 0.4) is 0 Å². The van der Waals surface area contributed by atoms with Crippen LogP contribution in [0, 0.1) is 0 Å². The number of benzene rings is 2. The maximum absolute atomic E-state index is 12.9. The van der Waals surface area contributed by atoms with E-state index in [4.69, 9.17) is 4.74 Å². The minimum atomic E-state index is -2.50. The topological polar surface area (TPSA) is 101 Å². The third-order valence-electron chi connectivity index (χ3n) is 3.97. The van der Waals surface area contributed by atoms with Crippen LogP contribution in [0.4, 0.5) is 5.69 Å². The van der Waals surface area contributed by atoms with Crippen LogP contribution in [0.1, 0.15) is 12.5 Å². The van der Waals surface area contributed by atoms with Gasteiger partial charge in [0.25, 0.3) is 0 Å². The van der Waals surface area contributed by atoms with Crippen LogP contribution >= 0.6 is 0 Å². The number of nitrogens with zero attached hydrogens (tertiary/aromatic N) is 1. The normalized spacial score (nSPS) is 12.0. The fraction of sp³-hybridized carbons (Fsp3) is 0.227. The molecule has 0 aliphatic rings. The van der Waals surface area contributed by atoms with Crippen molar-refractivity contribution in [2.24, 2.45) is 0 Å². The summed E-state index contributed by atoms with van der Waals surface area (Å²) in [6, 6.07) is 16.6. The van der Waals surface area contributed by atoms with Crippen molar-refractivity contribution in [1.29, 1.82) is 0 Å². The van der Waals surface area contributed by atoms with E-state index in [1.807, 2.05) is 0 Å². The Morgan fingerprint density at radius 1 is 0.967 bits per heavy atom. The first-order valence-electron chi connectivity index (χ1n) is 9.15. The lowest BCUT2D eigenvalue weighted by Crippen LogP contribution is -2.37. The van der Waals surface area contributed by atoms with Crippen molar-refractivity contribution in [1.82, 2.24) is 0 Å². The van der Waals surface area contributed by atoms with E-state index in [1.54, 1.807) is 67.6 Å². The van der Waals surface area contributed by atoms with Gasteiger partial charge in [0.15, 0.2) is 0 Å². The summed E-state index contributed by atoms with van der Waals surface area (Å²) in [5.74, 6) is -3.89. The molecule has 0 aromatic heterocycles. The summed E-state index contributed by atoms with van der Waals surface area (Å²) in [6.45, 7) is 1.70. The van der Waals surface area contributed by atoms with Gasteiger partial charge < -0.3 is 9.84 Å². The van der Waals surface area contributed by atoms with Crippen molar-refractivity contribution in [3.05, 3.63) is 71.8 Å². The Labute approximate surface area is 176 Å². The molecular formula is C22H24NO6S+. The van der Waals surface area contributed by atoms with E-state index in [1.165, 1.54) is 12.5 Å². The quantitative estimate of drug-likeness (QED) is 0.314. The Morgan fingerprint density at radius 3 is 1.97 bits per heavy atom. The highest BCUT2D eigenvalue weighted by molar-refractivity contribution is 8.01. The predicted octanol–water partition coefficient (Wildman–Crippen LogP) is 2.84. The molecule has 0 saturated carbocycles. The van der Waals surface area contributed by atoms with Crippen molar-refractivity contribution in [3.63, 3.8) is 0 Å². The maximum Gasteiger partial charge on any atom is 0.395 e. The van der Waals surface area contributed by atoms with Crippen LogP contribution in [0.2, 0.25) is 0 Å². The number of carbonyl (C=O) groups is 3. The molecule has 2 aromatic rings. The van der Waals surface area contributed by atoms with Gasteiger partial charge in [-0.1, -0.05) is 48.5 Å². The maximum atomic E-state index is 12.9. The highest BCUT2D eigenvalue weighted by Gasteiger charge is 2.34. The van der Waals surface area contributed by atoms with Gasteiger partial charge in [-0.3, -0.25) is 9.69 Å². The zero-order valence-electron chi connectivity index (χ0n) is 17.0. The minimum absolute atomic E-state index is 0.0310. The van der Waals surface area contributed by atoms with E-state index >= 15 is 0 Å². The monoisotopic (exact) mass is 430 g/mol. The van der Waals surface area contributed by atoms with Gasteiger partial charge in [-0.05, 0) is 24.6 Å². The van der Waals surface area contributed by atoms with Gasteiger partial charge in [0.2, 0.25) is 0 Å². The molecule has 30 heavy (non-hydrogen) atoms. The molecule has 2 aromatic carbocycles. The third kappa shape index (κ3) is 5.87. The number of anilines is 1. The molecule has 0 heterocycles. The number of ether oxygens (including phenoxy) is 1. The smallest absolute Gasteiger partial charge is 0.395 e. The fourth-order valence-corrected chi connectivity index (χ4v) is 3.79. The van der Waals surface area contributed by atoms with Gasteiger partial charge in [-0.15, -0.1) is 4.21 Å². The lowest BCUT2D eigenvalue weighted by atomic mass is 10.0. The molecule has 2 rings (SSSR count). The van der Waals surface area contributed by atoms with E-state index in [-0.39, 0.29) is 29.3 Å². The molecule has 8 heteroatoms. The van der Waals surface area contributed by atoms with Gasteiger partial charge >= 0.3 is 17.8 Å². The van der Waals surface area contributed by atoms with E-state index < -0.39 is 27.8 Å². The standard InChI is InChI=1S/C22H23NO6S/c1-4-29-22(27)18(15-30(2,3)28)19(16-11-7-5-8-12-16)23(20(24)21(25)26)17-13-9-6-10-14-17/h5-14H,4,15H2,1-3H3/p+1/b19-18+. The molecule has 0 unspecified atom stereocenters. The van der Waals surface area contributed by atoms with Gasteiger partial charge in [0.1, 0.15) is 23.8 Å². The summed E-state index contributed by atoms with van der Waals surface area (Å²) >= 11 is 0. The number of hydrogen-bond acceptors (Lipinski definition) is 5. The molecule has 158 valence electrons. The first kappa shape index (κ1) is 23.0. The minimum Gasteiger partial charge on any atom is -0.474 e. The number of rotatable bonds is 7. The van der Waals surface area contributed by atoms with Crippen LogP contribution in [0.15, 0.2) is 66.2 Å². The number of amides is 1. The number of carbonyl (C=O) groups excluding carboxylic acids is 2. The van der Waals surface area contributed by atoms with Gasteiger partial charge in [0, 0.05) is 5.69 Å². The lowest BCUT2D eigenvalue weighted by Gasteiger charge is -2.26. The summed E-state index contributed by atoms with van der Waals surface area (Å²) in [6.07, 6.45) is 2.97. The molecule has 1 amide bonds. The van der Waals surface area contributed by atoms with E-state index in [0.29, 0.717) is 5.56 Å². The van der Waals surface area contributed by atoms with Crippen molar-refractivity contribution < 1.29 is 28.4 Å². The van der Waals surface area contributed by atoms with Gasteiger partial charge in [0.05, 0.1) is 22.2 Å². The van der Waals surface area contributed by atoms with Crippen LogP contribution in [0.25, 0.3) is 5.70 Å². The Morgan fingerprint density at radius 2 is 1.50 bits per heavy atom. The van der Waals surface area contributed by atoms with Gasteiger partial charge in [-0.2, -0.15) is 0 Å². The zero-order chi connectivity index (χ0) is 22.3. The summed E-state index contributed by atoms with van der Waals surface area (Å²) in [7, 11) is -2.50. The van der Waals surface area contributed by atoms with Crippen LogP contribution in [-0.2, 0) is 33.3 Å². The van der Waals surface area contributed by atoms with Crippen LogP contribution < -0.4 is 4.90 Å². The van der Waals surface area contributed by atoms with Crippen LogP contribution in [-0.4, -0.2) is 47.8 Å². The molecule has 0 saturated heterocycles. The third-order valence-corrected chi connectivity index (χ3v) is 4.95. The number of esters is 1. The Kier molecular flexibility index (Phi) is 7.66. The number of hydrogen-bond donors (Lipinski definition) is 1. The Hall–Kier alpha value is -3.26. The lowest BCUT2D eigenvalue weighted by molar-refractivity contribution is -0.148. The molecule has 0 radical (unpaired) electrons. The number of aliphatic carboxylic acids is 1. The highest BCUT2D eigenvalue weighted by Crippen LogP contribution is 2.31. The molecule has 0 atom stereocenters. The molecule has 0 spiro atoms. The first-order chi connectivity index (χ1) is 14.2. The van der Waals surface area contributed by atoms with E-state index in [9.17, 15) is 23.7 Å². The average Bonchev–Trinajstić information content (AvgIpc) is 2.70. The van der Waals surface area contributed by atoms with Gasteiger partial charge in [-0.25, -0.2) is 9.59 Å². The average molecular weight is 431 g/mol. The number of para-hydroxylation sites is 1. The Balaban J connectivity index is 2.92. The first-order valence-corrected chi connectivity index (χ1v) is 11.7. The molecular weight excluding hydrogens is 406 g/mol. The molecule has 0 aliphatic heterocycles. The van der Waals surface area contributed by atoms with Crippen molar-refractivity contribution in [2.45, 2.75) is 6.92 Å². The summed E-state index contributed by atoms with van der Waals surface area (Å²) in [5.41, 5.74) is 0.674. The van der Waals surface area contributed by atoms with E-state index in [0.717, 1.165) is 4.90 Å². The molecule has 1 N–H and O–H groups in total. The second-order valence-electron chi connectivity index (χ2n) is 6.78. The SMILES string of the molecule is CCOC(=O)/C(C[S+](C)(C)=O)=C(\c1ccccc1)N(C(=O)C(=O)O)c1ccccc1. The fourth-order valence-electron chi connectivity index (χ4n) is 2.84. The second-order valence-corrected chi connectivity index (χ2v) is 9.94. The van der Waals surface area contributed by atoms with Crippen molar-refractivity contribution in [2.75, 3.05) is 29.8 Å². The van der Waals surface area contributed by atoms with Crippen molar-refractivity contribution in [3.8, 4) is 0 Å². The van der Waals surface area contributed by atoms with Crippen molar-refractivity contribution >= 4 is 39.2 Å². The molecule has 7 nitrogen and oxygen atoms in total. The van der Waals surface area contributed by atoms with E-state index in [2.05, 4.69) is 0 Å². The molecule has 0 aliphatic carbocycles. The number of carboxylic acids is 1. The summed E-state index contributed by atoms with van der Waals surface area (Å²) < 4.78 is 17.8. The number of carboxylic acid groups (broad SMARTS) is 1. The zero-order valence-corrected chi connectivity index (χ0v) is 17.8. The summed E-state index contributed by atoms with van der Waals surface area (Å²) in [5, 5.41) is 9.48. The predicted molar refractivity (Wildman–Crippen MR) is 116 cm³/mol. The largest absolute Gasteiger partial charge is 0.474 e. The van der Waals surface area contributed by atoms with Crippen LogP contribution in [0.5, 0.6) is 0 Å². The summed E-state index contributed by atoms with van der Waals surface area (Å²) in [4.78, 5) is 38.3. The second kappa shape index (κ2) is 9.98. The highest BCUT2D eigenvalue weighted by atomic mass is 32.2.